The second-order valence-electron chi connectivity index (χ2n) is 28.4. The van der Waals surface area contributed by atoms with Gasteiger partial charge in [0, 0.05) is 71.5 Å². The molecule has 9 fully saturated rings. The van der Waals surface area contributed by atoms with Crippen molar-refractivity contribution in [2.75, 3.05) is 50.7 Å². The van der Waals surface area contributed by atoms with E-state index in [2.05, 4.69) is 53.1 Å². The molecule has 16 heteroatoms. The summed E-state index contributed by atoms with van der Waals surface area (Å²) in [7, 11) is 0. The molecule has 0 bridgehead atoms. The lowest BCUT2D eigenvalue weighted by Crippen LogP contribution is -2.46. The van der Waals surface area contributed by atoms with Gasteiger partial charge in [-0.1, -0.05) is 55.7 Å². The van der Waals surface area contributed by atoms with Crippen molar-refractivity contribution in [3.8, 4) is 0 Å². The molecule has 0 aromatic heterocycles. The number of carboxylic acids is 1. The van der Waals surface area contributed by atoms with Crippen LogP contribution in [0.3, 0.4) is 0 Å². The van der Waals surface area contributed by atoms with Gasteiger partial charge in [-0.3, -0.25) is 28.8 Å². The molecule has 18 rings (SSSR count). The second-order valence-corrected chi connectivity index (χ2v) is 28.4. The maximum absolute atomic E-state index is 13.3. The van der Waals surface area contributed by atoms with Gasteiger partial charge in [0.15, 0.2) is 0 Å². The van der Waals surface area contributed by atoms with E-state index in [1.807, 2.05) is 26.8 Å². The van der Waals surface area contributed by atoms with Gasteiger partial charge in [0.1, 0.15) is 17.5 Å². The molecule has 0 saturated heterocycles. The number of anilines is 6. The van der Waals surface area contributed by atoms with Gasteiger partial charge in [-0.05, 0) is 256 Å². The maximum Gasteiger partial charge on any atom is 0.314 e. The third-order valence-electron chi connectivity index (χ3n) is 22.4. The minimum absolute atomic E-state index is 0.0191. The smallest absolute Gasteiger partial charge is 0.314 e. The Morgan fingerprint density at radius 1 is 0.418 bits per heavy atom. The van der Waals surface area contributed by atoms with Crippen LogP contribution in [0.4, 0.5) is 47.3 Å². The quantitative estimate of drug-likeness (QED) is 0.0924. The summed E-state index contributed by atoms with van der Waals surface area (Å²) in [6.45, 7) is 2.56. The van der Waals surface area contributed by atoms with Crippen LogP contribution in [0, 0.1) is 53.0 Å². The third-order valence-corrected chi connectivity index (χ3v) is 22.4. The average molecular weight is 1230 g/mol. The Balaban J connectivity index is 0.000000108. The van der Waals surface area contributed by atoms with Crippen molar-refractivity contribution >= 4 is 69.6 Å². The number of halogens is 3. The van der Waals surface area contributed by atoms with Gasteiger partial charge < -0.3 is 36.2 Å². The molecule has 6 unspecified atom stereocenters. The van der Waals surface area contributed by atoms with Crippen LogP contribution in [0.5, 0.6) is 0 Å². The van der Waals surface area contributed by atoms with Crippen LogP contribution in [-0.2, 0) is 45.0 Å². The van der Waals surface area contributed by atoms with Crippen molar-refractivity contribution < 1.29 is 47.0 Å². The SMILES string of the molecule is Nc1ccc(F)cc1.O=C(C1CC1)N1CC2CC2c2cc(C3(C(=O)Nc4ccc(F)cc4)CCC3)ccc21.O=C(C1CC1)N1CC2CC2c2cc(C3(C(=O)Nc4ccc(F)cc4)CCC3)ccc21.O=C(C1CC1)N1CC2CC2c2cc(C3(C(=O)O)CCC3)ccc21. The lowest BCUT2D eigenvalue weighted by atomic mass is 9.63. The lowest BCUT2D eigenvalue weighted by Gasteiger charge is -2.41. The number of carboxylic acid groups (broad SMARTS) is 1. The molecule has 9 saturated carbocycles. The number of nitrogens with zero attached hydrogens (tertiary/aromatic N) is 3. The van der Waals surface area contributed by atoms with E-state index in [1.54, 1.807) is 24.3 Å². The number of aliphatic carboxylic acids is 1. The monoisotopic (exact) mass is 1230 g/mol. The molecule has 6 atom stereocenters. The van der Waals surface area contributed by atoms with Gasteiger partial charge in [0.25, 0.3) is 0 Å². The van der Waals surface area contributed by atoms with Crippen LogP contribution in [0.15, 0.2) is 127 Å². The van der Waals surface area contributed by atoms with Crippen molar-refractivity contribution in [1.82, 2.24) is 0 Å². The van der Waals surface area contributed by atoms with Gasteiger partial charge in [-0.2, -0.15) is 0 Å². The average Bonchev–Trinajstić information content (AvgIpc) is 1.62. The van der Waals surface area contributed by atoms with Gasteiger partial charge in [0.05, 0.1) is 16.2 Å². The van der Waals surface area contributed by atoms with Gasteiger partial charge in [0.2, 0.25) is 29.5 Å². The van der Waals surface area contributed by atoms with E-state index >= 15 is 0 Å². The van der Waals surface area contributed by atoms with Crippen LogP contribution >= 0.6 is 0 Å². The number of hydrogen-bond donors (Lipinski definition) is 4. The standard InChI is InChI=1S/2C25H25FN2O2.C19H21NO3.C6H6FN/c2*26-18-5-7-19(8-6-18)27-24(30)25(10-1-11-25)17-4-9-22-21(13-17)20-12-16(20)14-28(22)23(29)15-2-3-15;21-17(11-2-3-11)20-10-12-8-14(12)15-9-13(4-5-16(15)20)19(18(22)23)6-1-7-19;7-5-1-3-6(8)4-2-5/h2*4-9,13,15-16,20H,1-3,10-12,14H2,(H,27,30);4-5,9,11-12,14H,1-3,6-8,10H2,(H,22,23);1-4H,8H2. The first-order valence-electron chi connectivity index (χ1n) is 33.2. The lowest BCUT2D eigenvalue weighted by molar-refractivity contribution is -0.147. The molecule has 13 nitrogen and oxygen atoms in total. The molecule has 3 aliphatic heterocycles. The highest BCUT2D eigenvalue weighted by Crippen LogP contribution is 2.60. The Kier molecular flexibility index (Phi) is 14.8. The normalized spacial score (nSPS) is 25.2. The largest absolute Gasteiger partial charge is 0.481 e. The summed E-state index contributed by atoms with van der Waals surface area (Å²) in [6.07, 6.45) is 17.3. The zero-order valence-corrected chi connectivity index (χ0v) is 51.1. The van der Waals surface area contributed by atoms with E-state index in [9.17, 15) is 47.0 Å². The third kappa shape index (κ3) is 11.2. The van der Waals surface area contributed by atoms with Crippen molar-refractivity contribution in [3.63, 3.8) is 0 Å². The Morgan fingerprint density at radius 3 is 0.978 bits per heavy atom. The van der Waals surface area contributed by atoms with Crippen LogP contribution in [0.2, 0.25) is 0 Å². The molecule has 5 N–H and O–H groups in total. The summed E-state index contributed by atoms with van der Waals surface area (Å²) in [4.78, 5) is 82.5. The topological polar surface area (TPSA) is 182 Å². The van der Waals surface area contributed by atoms with Crippen LogP contribution < -0.4 is 31.1 Å². The molecule has 91 heavy (non-hydrogen) atoms. The highest BCUT2D eigenvalue weighted by Gasteiger charge is 2.55. The van der Waals surface area contributed by atoms with Crippen molar-refractivity contribution in [1.29, 1.82) is 0 Å². The van der Waals surface area contributed by atoms with Crippen molar-refractivity contribution in [2.45, 2.75) is 150 Å². The second kappa shape index (κ2) is 22.8. The molecule has 5 amide bonds. The molecule has 12 aliphatic rings. The number of fused-ring (bicyclic) bond motifs is 9. The molecular weight excluding hydrogens is 1150 g/mol. The highest BCUT2D eigenvalue weighted by molar-refractivity contribution is 6.03. The van der Waals surface area contributed by atoms with E-state index < -0.39 is 22.2 Å². The number of amides is 5. The molecule has 470 valence electrons. The van der Waals surface area contributed by atoms with E-state index in [0.717, 1.165) is 169 Å². The summed E-state index contributed by atoms with van der Waals surface area (Å²) in [5.74, 6) is 3.21. The zero-order chi connectivity index (χ0) is 62.7. The van der Waals surface area contributed by atoms with Crippen molar-refractivity contribution in [3.05, 3.63) is 178 Å². The summed E-state index contributed by atoms with van der Waals surface area (Å²) in [6, 6.07) is 36.3. The fraction of sp³-hybridized carbons (Fsp3) is 0.440. The number of hydrogen-bond acceptors (Lipinski definition) is 7. The van der Waals surface area contributed by atoms with Gasteiger partial charge in [-0.15, -0.1) is 0 Å². The van der Waals surface area contributed by atoms with Gasteiger partial charge >= 0.3 is 5.97 Å². The maximum atomic E-state index is 13.3. The number of nitrogens with one attached hydrogen (secondary N) is 2. The molecule has 0 spiro atoms. The Labute approximate surface area is 528 Å². The Morgan fingerprint density at radius 2 is 0.714 bits per heavy atom. The molecule has 9 aliphatic carbocycles. The molecular formula is C75H77F3N6O7. The predicted octanol–water partition coefficient (Wildman–Crippen LogP) is 14.0. The van der Waals surface area contributed by atoms with E-state index in [-0.39, 0.29) is 64.7 Å². The highest BCUT2D eigenvalue weighted by atomic mass is 19.1. The van der Waals surface area contributed by atoms with E-state index in [1.165, 1.54) is 65.2 Å². The fourth-order valence-electron chi connectivity index (χ4n) is 15.5. The molecule has 6 aromatic rings. The molecule has 0 radical (unpaired) electrons. The van der Waals surface area contributed by atoms with E-state index in [0.29, 0.717) is 52.6 Å². The minimum atomic E-state index is -0.697. The zero-order valence-electron chi connectivity index (χ0n) is 51.1. The minimum Gasteiger partial charge on any atom is -0.481 e. The number of nitrogen functional groups attached to an aromatic ring is 1. The number of benzene rings is 6. The van der Waals surface area contributed by atoms with Crippen LogP contribution in [0.25, 0.3) is 0 Å². The van der Waals surface area contributed by atoms with Crippen molar-refractivity contribution in [2.24, 2.45) is 35.5 Å². The number of nitrogens with two attached hydrogens (primary N) is 1. The summed E-state index contributed by atoms with van der Waals surface area (Å²) >= 11 is 0. The summed E-state index contributed by atoms with van der Waals surface area (Å²) in [5, 5.41) is 15.7. The summed E-state index contributed by atoms with van der Waals surface area (Å²) < 4.78 is 38.4. The van der Waals surface area contributed by atoms with Crippen LogP contribution in [-0.4, -0.2) is 60.2 Å². The van der Waals surface area contributed by atoms with E-state index in [4.69, 9.17) is 5.73 Å². The Bertz CT molecular complexity index is 3720. The van der Waals surface area contributed by atoms with Gasteiger partial charge in [-0.25, -0.2) is 13.2 Å². The molecule has 3 heterocycles. The number of carbonyl (C=O) groups excluding carboxylic acids is 5. The fourth-order valence-corrected chi connectivity index (χ4v) is 15.5. The first-order chi connectivity index (χ1) is 44.0. The number of carbonyl (C=O) groups is 6. The van der Waals surface area contributed by atoms with Crippen LogP contribution in [0.1, 0.15) is 167 Å². The first-order valence-corrected chi connectivity index (χ1v) is 33.2. The predicted molar refractivity (Wildman–Crippen MR) is 342 cm³/mol. The Hall–Kier alpha value is -8.27. The first kappa shape index (κ1) is 59.1. The summed E-state index contributed by atoms with van der Waals surface area (Å²) in [5.41, 5.74) is 15.3. The molecule has 6 aromatic carbocycles. The number of rotatable bonds is 11.